The zero-order valence-corrected chi connectivity index (χ0v) is 26.8. The molecule has 1 aromatic heterocycles. The van der Waals surface area contributed by atoms with Crippen molar-refractivity contribution in [1.82, 2.24) is 36.2 Å². The number of carbonyl (C=O) groups excluding carboxylic acids is 2. The highest BCUT2D eigenvalue weighted by Gasteiger charge is 2.52. The molecule has 0 unspecified atom stereocenters. The number of hydrogen-bond acceptors (Lipinski definition) is 7. The van der Waals surface area contributed by atoms with E-state index in [2.05, 4.69) is 91.5 Å². The molecule has 4 rings (SSSR count). The number of amidine groups is 1. The van der Waals surface area contributed by atoms with E-state index < -0.39 is 5.66 Å². The van der Waals surface area contributed by atoms with Crippen LogP contribution in [0.15, 0.2) is 29.3 Å². The van der Waals surface area contributed by atoms with E-state index in [1.807, 2.05) is 24.3 Å². The predicted octanol–water partition coefficient (Wildman–Crippen LogP) is 5.42. The van der Waals surface area contributed by atoms with Gasteiger partial charge in [-0.15, -0.1) is 10.2 Å². The average Bonchev–Trinajstić information content (AvgIpc) is 3.53. The first kappa shape index (κ1) is 31.6. The molecule has 230 valence electrons. The van der Waals surface area contributed by atoms with Crippen LogP contribution in [0.3, 0.4) is 0 Å². The van der Waals surface area contributed by atoms with Gasteiger partial charge >= 0.3 is 0 Å². The minimum Gasteiger partial charge on any atom is -0.365 e. The summed E-state index contributed by atoms with van der Waals surface area (Å²) in [4.78, 5) is 34.4. The zero-order chi connectivity index (χ0) is 30.7. The maximum atomic E-state index is 14.3. The SMILES string of the molecule is CC(C)CC[C@H](c1ccc(C(=O)NCc2nn[nH]n2)cc1)N1C(=O)C(NCC(C)(C)C)=NC12CCC(C(C)(C)C)CC2. The van der Waals surface area contributed by atoms with E-state index in [0.717, 1.165) is 44.1 Å². The molecule has 1 aliphatic heterocycles. The van der Waals surface area contributed by atoms with Crippen molar-refractivity contribution in [2.75, 3.05) is 6.54 Å². The number of amides is 2. The van der Waals surface area contributed by atoms with Gasteiger partial charge in [0.25, 0.3) is 11.8 Å². The summed E-state index contributed by atoms with van der Waals surface area (Å²) < 4.78 is 0. The topological polar surface area (TPSA) is 128 Å². The number of benzene rings is 1. The van der Waals surface area contributed by atoms with Crippen molar-refractivity contribution in [3.63, 3.8) is 0 Å². The maximum absolute atomic E-state index is 14.3. The Bertz CT molecular complexity index is 1230. The molecule has 3 N–H and O–H groups in total. The van der Waals surface area contributed by atoms with E-state index in [4.69, 9.17) is 4.99 Å². The predicted molar refractivity (Wildman–Crippen MR) is 164 cm³/mol. The van der Waals surface area contributed by atoms with Crippen LogP contribution >= 0.6 is 0 Å². The summed E-state index contributed by atoms with van der Waals surface area (Å²) in [5, 5.41) is 19.9. The number of aliphatic imine (C=N–C) groups is 1. The molecule has 2 aromatic rings. The van der Waals surface area contributed by atoms with Gasteiger partial charge in [-0.3, -0.25) is 9.59 Å². The second-order valence-corrected chi connectivity index (χ2v) is 14.8. The summed E-state index contributed by atoms with van der Waals surface area (Å²) in [5.41, 5.74) is 1.26. The number of rotatable bonds is 9. The number of nitrogens with one attached hydrogen (secondary N) is 3. The summed E-state index contributed by atoms with van der Waals surface area (Å²) in [6.45, 7) is 18.7. The Hall–Kier alpha value is -3.30. The van der Waals surface area contributed by atoms with Crippen molar-refractivity contribution in [1.29, 1.82) is 0 Å². The standard InChI is InChI=1S/C32H50N8O2/c1-21(2)9-14-25(22-10-12-23(13-11-22)28(41)33-19-26-36-38-39-37-26)40-29(42)27(34-20-30(3,4)5)35-32(40)17-15-24(16-18-32)31(6,7)8/h10-13,21,24-25H,9,14-20H2,1-8H3,(H,33,41)(H,34,35)(H,36,37,38,39)/t24?,25-,32?/m1/s1. The molecule has 2 amide bonds. The van der Waals surface area contributed by atoms with Crippen molar-refractivity contribution in [2.45, 2.75) is 112 Å². The molecule has 0 radical (unpaired) electrons. The maximum Gasteiger partial charge on any atom is 0.291 e. The summed E-state index contributed by atoms with van der Waals surface area (Å²) in [7, 11) is 0. The van der Waals surface area contributed by atoms with Gasteiger partial charge < -0.3 is 15.5 Å². The van der Waals surface area contributed by atoms with Gasteiger partial charge in [-0.2, -0.15) is 5.21 Å². The number of H-pyrrole nitrogens is 1. The van der Waals surface area contributed by atoms with E-state index in [-0.39, 0.29) is 35.2 Å². The summed E-state index contributed by atoms with van der Waals surface area (Å²) in [5.74, 6) is 1.78. The molecule has 10 nitrogen and oxygen atoms in total. The third-order valence-corrected chi connectivity index (χ3v) is 8.67. The Morgan fingerprint density at radius 1 is 1.07 bits per heavy atom. The number of nitrogens with zero attached hydrogens (tertiary/aromatic N) is 5. The fourth-order valence-electron chi connectivity index (χ4n) is 6.12. The largest absolute Gasteiger partial charge is 0.365 e. The van der Waals surface area contributed by atoms with Crippen LogP contribution in [-0.2, 0) is 11.3 Å². The van der Waals surface area contributed by atoms with Crippen molar-refractivity contribution in [3.05, 3.63) is 41.2 Å². The highest BCUT2D eigenvalue weighted by Crippen LogP contribution is 2.49. The molecular weight excluding hydrogens is 528 g/mol. The molecule has 0 saturated heterocycles. The second-order valence-electron chi connectivity index (χ2n) is 14.8. The van der Waals surface area contributed by atoms with Crippen molar-refractivity contribution < 1.29 is 9.59 Å². The molecule has 0 bridgehead atoms. The second kappa shape index (κ2) is 12.5. The van der Waals surface area contributed by atoms with E-state index in [0.29, 0.717) is 35.6 Å². The number of carbonyl (C=O) groups is 2. The van der Waals surface area contributed by atoms with Crippen LogP contribution in [-0.4, -0.2) is 55.4 Å². The van der Waals surface area contributed by atoms with Crippen LogP contribution in [0.2, 0.25) is 0 Å². The highest BCUT2D eigenvalue weighted by molar-refractivity contribution is 6.39. The van der Waals surface area contributed by atoms with Crippen LogP contribution in [0, 0.1) is 22.7 Å². The Kier molecular flexibility index (Phi) is 9.42. The summed E-state index contributed by atoms with van der Waals surface area (Å²) in [6.07, 6.45) is 5.61. The van der Waals surface area contributed by atoms with Crippen LogP contribution in [0.1, 0.15) is 122 Å². The number of tetrazole rings is 1. The molecule has 1 saturated carbocycles. The molecule has 1 spiro atoms. The molecule has 1 atom stereocenters. The number of aromatic amines is 1. The first-order valence-corrected chi connectivity index (χ1v) is 15.5. The van der Waals surface area contributed by atoms with Crippen LogP contribution in [0.25, 0.3) is 0 Å². The van der Waals surface area contributed by atoms with Crippen LogP contribution in [0.5, 0.6) is 0 Å². The van der Waals surface area contributed by atoms with E-state index in [1.165, 1.54) is 0 Å². The van der Waals surface area contributed by atoms with Gasteiger partial charge in [0.15, 0.2) is 11.7 Å². The number of hydrogen-bond donors (Lipinski definition) is 3. The molecule has 1 aromatic carbocycles. The minimum absolute atomic E-state index is 0.0100. The normalized spacial score (nSPS) is 22.0. The van der Waals surface area contributed by atoms with Crippen molar-refractivity contribution in [2.24, 2.45) is 27.7 Å². The molecule has 2 aliphatic rings. The molecule has 42 heavy (non-hydrogen) atoms. The van der Waals surface area contributed by atoms with Gasteiger partial charge in [0.2, 0.25) is 0 Å². The molecule has 1 fully saturated rings. The lowest BCUT2D eigenvalue weighted by Crippen LogP contribution is -2.52. The summed E-state index contributed by atoms with van der Waals surface area (Å²) in [6, 6.07) is 7.53. The van der Waals surface area contributed by atoms with E-state index in [9.17, 15) is 9.59 Å². The third kappa shape index (κ3) is 7.55. The minimum atomic E-state index is -0.554. The van der Waals surface area contributed by atoms with Gasteiger partial charge in [-0.25, -0.2) is 4.99 Å². The zero-order valence-electron chi connectivity index (χ0n) is 26.8. The first-order valence-electron chi connectivity index (χ1n) is 15.5. The van der Waals surface area contributed by atoms with Crippen LogP contribution < -0.4 is 10.6 Å². The Labute approximate surface area is 250 Å². The molecule has 10 heteroatoms. The lowest BCUT2D eigenvalue weighted by Gasteiger charge is -2.47. The van der Waals surface area contributed by atoms with Gasteiger partial charge in [0, 0.05) is 12.1 Å². The molecule has 2 heterocycles. The van der Waals surface area contributed by atoms with Crippen molar-refractivity contribution >= 4 is 17.6 Å². The van der Waals surface area contributed by atoms with E-state index >= 15 is 0 Å². The fourth-order valence-corrected chi connectivity index (χ4v) is 6.12. The smallest absolute Gasteiger partial charge is 0.291 e. The average molecular weight is 579 g/mol. The Morgan fingerprint density at radius 2 is 1.74 bits per heavy atom. The van der Waals surface area contributed by atoms with Gasteiger partial charge in [0.1, 0.15) is 5.66 Å². The quantitative estimate of drug-likeness (QED) is 0.365. The molecular formula is C32H50N8O2. The van der Waals surface area contributed by atoms with E-state index in [1.54, 1.807) is 0 Å². The monoisotopic (exact) mass is 578 g/mol. The Balaban J connectivity index is 1.63. The van der Waals surface area contributed by atoms with Crippen molar-refractivity contribution in [3.8, 4) is 0 Å². The fraction of sp³-hybridized carbons (Fsp3) is 0.688. The Morgan fingerprint density at radius 3 is 2.29 bits per heavy atom. The highest BCUT2D eigenvalue weighted by atomic mass is 16.2. The number of aromatic nitrogens is 4. The first-order chi connectivity index (χ1) is 19.7. The third-order valence-electron chi connectivity index (χ3n) is 8.67. The molecule has 1 aliphatic carbocycles. The van der Waals surface area contributed by atoms with Gasteiger partial charge in [-0.05, 0) is 78.9 Å². The van der Waals surface area contributed by atoms with Crippen LogP contribution in [0.4, 0.5) is 0 Å². The van der Waals surface area contributed by atoms with Gasteiger partial charge in [0.05, 0.1) is 12.6 Å². The van der Waals surface area contributed by atoms with Gasteiger partial charge in [-0.1, -0.05) is 72.7 Å². The lowest BCUT2D eigenvalue weighted by atomic mass is 9.69. The lowest BCUT2D eigenvalue weighted by molar-refractivity contribution is -0.134. The summed E-state index contributed by atoms with van der Waals surface area (Å²) >= 11 is 0.